The van der Waals surface area contributed by atoms with Crippen LogP contribution in [0.3, 0.4) is 0 Å². The number of carbonyl (C=O) groups is 1. The molecule has 1 amide bonds. The van der Waals surface area contributed by atoms with Crippen molar-refractivity contribution in [2.75, 3.05) is 5.32 Å². The Kier molecular flexibility index (Phi) is 5.75. The Morgan fingerprint density at radius 2 is 2.12 bits per heavy atom. The molecule has 2 rings (SSSR count). The van der Waals surface area contributed by atoms with Gasteiger partial charge in [0.25, 0.3) is 0 Å². The first-order chi connectivity index (χ1) is 11.4. The fourth-order valence-corrected chi connectivity index (χ4v) is 2.75. The van der Waals surface area contributed by atoms with Crippen molar-refractivity contribution < 1.29 is 4.79 Å². The van der Waals surface area contributed by atoms with Crippen molar-refractivity contribution in [3.05, 3.63) is 46.8 Å². The molecular weight excluding hydrogens is 300 g/mol. The van der Waals surface area contributed by atoms with Gasteiger partial charge in [0, 0.05) is 24.3 Å². The zero-order valence-corrected chi connectivity index (χ0v) is 14.8. The van der Waals surface area contributed by atoms with Gasteiger partial charge in [-0.3, -0.25) is 9.48 Å². The van der Waals surface area contributed by atoms with Crippen molar-refractivity contribution >= 4 is 11.6 Å². The number of benzene rings is 1. The monoisotopic (exact) mass is 324 g/mol. The first kappa shape index (κ1) is 17.7. The molecule has 0 saturated heterocycles. The lowest BCUT2D eigenvalue weighted by Crippen LogP contribution is -2.13. The molecule has 0 bridgehead atoms. The third kappa shape index (κ3) is 4.45. The minimum absolute atomic E-state index is 0.0551. The van der Waals surface area contributed by atoms with E-state index in [9.17, 15) is 4.79 Å². The van der Waals surface area contributed by atoms with Crippen LogP contribution in [-0.4, -0.2) is 15.7 Å². The first-order valence-electron chi connectivity index (χ1n) is 8.23. The minimum atomic E-state index is -0.0551. The SMILES string of the molecule is Cc1nn(CC(C)C)c(C)c1CCC(=O)Nc1cccc(C#N)c1. The third-order valence-electron chi connectivity index (χ3n) is 3.95. The van der Waals surface area contributed by atoms with E-state index in [1.54, 1.807) is 24.3 Å². The molecule has 5 nitrogen and oxygen atoms in total. The highest BCUT2D eigenvalue weighted by atomic mass is 16.1. The van der Waals surface area contributed by atoms with Gasteiger partial charge in [0.1, 0.15) is 0 Å². The number of amides is 1. The highest BCUT2D eigenvalue weighted by molar-refractivity contribution is 5.91. The Morgan fingerprint density at radius 3 is 2.79 bits per heavy atom. The summed E-state index contributed by atoms with van der Waals surface area (Å²) >= 11 is 0. The van der Waals surface area contributed by atoms with Gasteiger partial charge in [-0.05, 0) is 49.9 Å². The van der Waals surface area contributed by atoms with Gasteiger partial charge in [0.05, 0.1) is 17.3 Å². The van der Waals surface area contributed by atoms with Crippen LogP contribution in [0.5, 0.6) is 0 Å². The molecule has 0 radical (unpaired) electrons. The van der Waals surface area contributed by atoms with Gasteiger partial charge in [0.15, 0.2) is 0 Å². The smallest absolute Gasteiger partial charge is 0.224 e. The van der Waals surface area contributed by atoms with Crippen molar-refractivity contribution in [3.8, 4) is 6.07 Å². The number of aryl methyl sites for hydroxylation is 1. The molecule has 0 aliphatic rings. The van der Waals surface area contributed by atoms with E-state index in [-0.39, 0.29) is 5.91 Å². The Hall–Kier alpha value is -2.61. The average Bonchev–Trinajstić information content (AvgIpc) is 2.79. The zero-order chi connectivity index (χ0) is 17.7. The van der Waals surface area contributed by atoms with Crippen LogP contribution in [0.1, 0.15) is 42.8 Å². The second kappa shape index (κ2) is 7.78. The summed E-state index contributed by atoms with van der Waals surface area (Å²) in [5, 5.41) is 16.3. The normalized spacial score (nSPS) is 10.7. The molecule has 1 aromatic carbocycles. The van der Waals surface area contributed by atoms with E-state index in [0.29, 0.717) is 30.0 Å². The lowest BCUT2D eigenvalue weighted by Gasteiger charge is -2.08. The second-order valence-electron chi connectivity index (χ2n) is 6.47. The van der Waals surface area contributed by atoms with Crippen molar-refractivity contribution in [2.24, 2.45) is 5.92 Å². The number of anilines is 1. The topological polar surface area (TPSA) is 70.7 Å². The van der Waals surface area contributed by atoms with Gasteiger partial charge in [-0.25, -0.2) is 0 Å². The molecule has 0 fully saturated rings. The van der Waals surface area contributed by atoms with Gasteiger partial charge in [-0.1, -0.05) is 19.9 Å². The van der Waals surface area contributed by atoms with Gasteiger partial charge in [-0.15, -0.1) is 0 Å². The molecule has 1 aromatic heterocycles. The highest BCUT2D eigenvalue weighted by Gasteiger charge is 2.14. The molecule has 2 aromatic rings. The number of nitriles is 1. The summed E-state index contributed by atoms with van der Waals surface area (Å²) in [6.45, 7) is 9.27. The standard InChI is InChI=1S/C19H24N4O/c1-13(2)12-23-15(4)18(14(3)22-23)8-9-19(24)21-17-7-5-6-16(10-17)11-20/h5-7,10,13H,8-9,12H2,1-4H3,(H,21,24). The molecule has 24 heavy (non-hydrogen) atoms. The number of nitrogens with zero attached hydrogens (tertiary/aromatic N) is 3. The van der Waals surface area contributed by atoms with Crippen molar-refractivity contribution in [3.63, 3.8) is 0 Å². The number of carbonyl (C=O) groups excluding carboxylic acids is 1. The lowest BCUT2D eigenvalue weighted by molar-refractivity contribution is -0.116. The van der Waals surface area contributed by atoms with Gasteiger partial charge >= 0.3 is 0 Å². The molecule has 0 unspecified atom stereocenters. The van der Waals surface area contributed by atoms with Crippen LogP contribution in [0, 0.1) is 31.1 Å². The third-order valence-corrected chi connectivity index (χ3v) is 3.95. The molecule has 0 saturated carbocycles. The summed E-state index contributed by atoms with van der Waals surface area (Å²) in [5.41, 5.74) is 4.47. The molecule has 0 aliphatic carbocycles. The number of nitrogens with one attached hydrogen (secondary N) is 1. The van der Waals surface area contributed by atoms with E-state index in [4.69, 9.17) is 5.26 Å². The molecule has 0 spiro atoms. The Balaban J connectivity index is 1.99. The molecule has 126 valence electrons. The predicted octanol–water partition coefficient (Wildman–Crippen LogP) is 3.60. The lowest BCUT2D eigenvalue weighted by atomic mass is 10.1. The molecule has 0 atom stereocenters. The maximum Gasteiger partial charge on any atom is 0.224 e. The van der Waals surface area contributed by atoms with E-state index in [1.165, 1.54) is 0 Å². The average molecular weight is 324 g/mol. The molecule has 1 heterocycles. The van der Waals surface area contributed by atoms with E-state index in [2.05, 4.69) is 37.3 Å². The predicted molar refractivity (Wildman–Crippen MR) is 94.6 cm³/mol. The summed E-state index contributed by atoms with van der Waals surface area (Å²) in [6.07, 6.45) is 1.06. The first-order valence-corrected chi connectivity index (χ1v) is 8.23. The minimum Gasteiger partial charge on any atom is -0.326 e. The fourth-order valence-electron chi connectivity index (χ4n) is 2.75. The van der Waals surface area contributed by atoms with E-state index >= 15 is 0 Å². The maximum atomic E-state index is 12.2. The number of rotatable bonds is 6. The van der Waals surface area contributed by atoms with Gasteiger partial charge in [0.2, 0.25) is 5.91 Å². The quantitative estimate of drug-likeness (QED) is 0.882. The summed E-state index contributed by atoms with van der Waals surface area (Å²) in [4.78, 5) is 12.2. The van der Waals surface area contributed by atoms with Crippen molar-refractivity contribution in [1.29, 1.82) is 5.26 Å². The van der Waals surface area contributed by atoms with Crippen LogP contribution >= 0.6 is 0 Å². The highest BCUT2D eigenvalue weighted by Crippen LogP contribution is 2.17. The van der Waals surface area contributed by atoms with Crippen LogP contribution in [0.25, 0.3) is 0 Å². The Labute approximate surface area is 143 Å². The molecular formula is C19H24N4O. The summed E-state index contributed by atoms with van der Waals surface area (Å²) in [7, 11) is 0. The van der Waals surface area contributed by atoms with Crippen LogP contribution in [-0.2, 0) is 17.8 Å². The number of hydrogen-bond donors (Lipinski definition) is 1. The number of hydrogen-bond acceptors (Lipinski definition) is 3. The fraction of sp³-hybridized carbons (Fsp3) is 0.421. The van der Waals surface area contributed by atoms with Gasteiger partial charge < -0.3 is 5.32 Å². The maximum absolute atomic E-state index is 12.2. The van der Waals surface area contributed by atoms with Gasteiger partial charge in [-0.2, -0.15) is 10.4 Å². The molecule has 1 N–H and O–H groups in total. The van der Waals surface area contributed by atoms with Crippen LogP contribution in [0.2, 0.25) is 0 Å². The Bertz CT molecular complexity index is 768. The van der Waals surface area contributed by atoms with Crippen molar-refractivity contribution in [1.82, 2.24) is 9.78 Å². The summed E-state index contributed by atoms with van der Waals surface area (Å²) in [5.74, 6) is 0.479. The van der Waals surface area contributed by atoms with Crippen molar-refractivity contribution in [2.45, 2.75) is 47.1 Å². The molecule has 0 aliphatic heterocycles. The van der Waals surface area contributed by atoms with Crippen LogP contribution in [0.15, 0.2) is 24.3 Å². The van der Waals surface area contributed by atoms with Crippen LogP contribution < -0.4 is 5.32 Å². The summed E-state index contributed by atoms with van der Waals surface area (Å²) in [6, 6.07) is 9.01. The van der Waals surface area contributed by atoms with E-state index < -0.39 is 0 Å². The number of aromatic nitrogens is 2. The van der Waals surface area contributed by atoms with E-state index in [1.807, 2.05) is 11.6 Å². The van der Waals surface area contributed by atoms with E-state index in [0.717, 1.165) is 23.5 Å². The molecule has 5 heteroatoms. The zero-order valence-electron chi connectivity index (χ0n) is 14.8. The second-order valence-corrected chi connectivity index (χ2v) is 6.47. The van der Waals surface area contributed by atoms with Crippen LogP contribution in [0.4, 0.5) is 5.69 Å². The Morgan fingerprint density at radius 1 is 1.38 bits per heavy atom. The summed E-state index contributed by atoms with van der Waals surface area (Å²) < 4.78 is 2.03. The largest absolute Gasteiger partial charge is 0.326 e.